The van der Waals surface area contributed by atoms with Crippen LogP contribution >= 0.6 is 0 Å². The molecule has 0 saturated heterocycles. The molecule has 9 fully saturated rings. The molecule has 9 rings (SSSR count). The molecule has 0 heterocycles. The maximum absolute atomic E-state index is 5.71. The first-order valence-electron chi connectivity index (χ1n) is 13.1. The molecule has 0 bridgehead atoms. The number of methoxy groups -OCH3 is 1. The first-order chi connectivity index (χ1) is 13.6. The van der Waals surface area contributed by atoms with E-state index >= 15 is 0 Å². The summed E-state index contributed by atoms with van der Waals surface area (Å²) in [4.78, 5) is 0. The zero-order chi connectivity index (χ0) is 18.4. The van der Waals surface area contributed by atoms with E-state index in [9.17, 15) is 0 Å². The van der Waals surface area contributed by atoms with Crippen molar-refractivity contribution in [2.75, 3.05) is 13.7 Å². The monoisotopic (exact) mass is 378 g/mol. The fourth-order valence-corrected chi connectivity index (χ4v) is 13.5. The van der Waals surface area contributed by atoms with Gasteiger partial charge in [0.1, 0.15) is 0 Å². The van der Waals surface area contributed by atoms with Crippen molar-refractivity contribution in [3.63, 3.8) is 0 Å². The normalized spacial score (nSPS) is 80.1. The van der Waals surface area contributed by atoms with Gasteiger partial charge in [-0.05, 0) is 131 Å². The van der Waals surface area contributed by atoms with Crippen molar-refractivity contribution in [3.8, 4) is 0 Å². The topological polar surface area (TPSA) is 9.23 Å². The van der Waals surface area contributed by atoms with Crippen molar-refractivity contribution in [1.29, 1.82) is 0 Å². The number of hydrogen-bond acceptors (Lipinski definition) is 1. The van der Waals surface area contributed by atoms with Gasteiger partial charge in [0.05, 0.1) is 0 Å². The molecule has 20 unspecified atom stereocenters. The van der Waals surface area contributed by atoms with Gasteiger partial charge in [0.2, 0.25) is 0 Å². The fraction of sp³-hybridized carbons (Fsp3) is 1.00. The summed E-state index contributed by atoms with van der Waals surface area (Å²) in [5, 5.41) is 0. The maximum atomic E-state index is 5.71. The van der Waals surface area contributed by atoms with Crippen LogP contribution in [-0.4, -0.2) is 13.7 Å². The van der Waals surface area contributed by atoms with Crippen LogP contribution in [0.5, 0.6) is 0 Å². The van der Waals surface area contributed by atoms with Crippen molar-refractivity contribution in [2.24, 2.45) is 118 Å². The van der Waals surface area contributed by atoms with Gasteiger partial charge in [0, 0.05) is 13.7 Å². The van der Waals surface area contributed by atoms with E-state index in [-0.39, 0.29) is 0 Å². The molecule has 28 heavy (non-hydrogen) atoms. The molecular weight excluding hydrogens is 340 g/mol. The molecule has 9 aliphatic carbocycles. The lowest BCUT2D eigenvalue weighted by atomic mass is 9.11. The van der Waals surface area contributed by atoms with E-state index < -0.39 is 0 Å². The molecule has 0 radical (unpaired) electrons. The van der Waals surface area contributed by atoms with Crippen molar-refractivity contribution < 1.29 is 4.74 Å². The summed E-state index contributed by atoms with van der Waals surface area (Å²) in [7, 11) is 1.94. The lowest BCUT2D eigenvalue weighted by molar-refractivity contribution is -0.465. The number of fused-ring (bicyclic) bond motifs is 21. The summed E-state index contributed by atoms with van der Waals surface area (Å²) >= 11 is 0. The second kappa shape index (κ2) is 4.44. The zero-order valence-electron chi connectivity index (χ0n) is 18.1. The first kappa shape index (κ1) is 15.7. The van der Waals surface area contributed by atoms with Gasteiger partial charge >= 0.3 is 0 Å². The highest BCUT2D eigenvalue weighted by molar-refractivity contribution is 5.36. The molecular formula is C27H38O. The molecule has 1 heteroatoms. The summed E-state index contributed by atoms with van der Waals surface area (Å²) < 4.78 is 5.71. The van der Waals surface area contributed by atoms with Gasteiger partial charge in [-0.3, -0.25) is 0 Å². The largest absolute Gasteiger partial charge is 0.384 e. The average molecular weight is 379 g/mol. The van der Waals surface area contributed by atoms with E-state index in [0.29, 0.717) is 0 Å². The van der Waals surface area contributed by atoms with Gasteiger partial charge in [-0.2, -0.15) is 0 Å². The second-order valence-corrected chi connectivity index (χ2v) is 13.8. The van der Waals surface area contributed by atoms with Crippen LogP contribution in [0.2, 0.25) is 0 Å². The average Bonchev–Trinajstić information content (AvgIpc) is 3.41. The number of hydrogen-bond donors (Lipinski definition) is 0. The Hall–Kier alpha value is -0.0400. The van der Waals surface area contributed by atoms with Gasteiger partial charge in [-0.15, -0.1) is 0 Å². The van der Waals surface area contributed by atoms with E-state index in [1.54, 1.807) is 12.8 Å². The molecule has 0 spiro atoms. The molecule has 0 amide bonds. The van der Waals surface area contributed by atoms with Crippen molar-refractivity contribution in [2.45, 2.75) is 33.6 Å². The maximum Gasteiger partial charge on any atom is 0.0495 e. The van der Waals surface area contributed by atoms with E-state index in [4.69, 9.17) is 4.74 Å². The van der Waals surface area contributed by atoms with Gasteiger partial charge in [-0.25, -0.2) is 0 Å². The van der Waals surface area contributed by atoms with Crippen LogP contribution in [0.1, 0.15) is 33.6 Å². The summed E-state index contributed by atoms with van der Waals surface area (Å²) in [6.45, 7) is 8.86. The number of rotatable bonds is 2. The number of ether oxygens (including phenoxy) is 1. The predicted octanol–water partition coefficient (Wildman–Crippen LogP) is 4.92. The van der Waals surface area contributed by atoms with Gasteiger partial charge in [0.25, 0.3) is 0 Å². The first-order valence-corrected chi connectivity index (χ1v) is 13.1. The Balaban J connectivity index is 1.01. The van der Waals surface area contributed by atoms with Crippen LogP contribution in [0.3, 0.4) is 0 Å². The highest BCUT2D eigenvalue weighted by Gasteiger charge is 2.89. The molecule has 0 aromatic rings. The minimum Gasteiger partial charge on any atom is -0.384 e. The van der Waals surface area contributed by atoms with Gasteiger partial charge in [0.15, 0.2) is 0 Å². The van der Waals surface area contributed by atoms with Gasteiger partial charge < -0.3 is 4.74 Å². The Bertz CT molecular complexity index is 774. The minimum absolute atomic E-state index is 0.869. The molecule has 0 aromatic carbocycles. The zero-order valence-corrected chi connectivity index (χ0v) is 18.1. The second-order valence-electron chi connectivity index (χ2n) is 13.8. The van der Waals surface area contributed by atoms with Crippen molar-refractivity contribution in [1.82, 2.24) is 0 Å². The molecule has 1 nitrogen and oxygen atoms in total. The third-order valence-corrected chi connectivity index (χ3v) is 14.3. The van der Waals surface area contributed by atoms with Crippen LogP contribution in [0, 0.1) is 118 Å². The van der Waals surface area contributed by atoms with Crippen LogP contribution in [0.25, 0.3) is 0 Å². The molecule has 0 N–H and O–H groups in total. The molecule has 9 saturated carbocycles. The molecule has 9 aliphatic rings. The Morgan fingerprint density at radius 1 is 0.536 bits per heavy atom. The van der Waals surface area contributed by atoms with Crippen LogP contribution in [0.4, 0.5) is 0 Å². The smallest absolute Gasteiger partial charge is 0.0495 e. The molecule has 0 aliphatic heterocycles. The third-order valence-electron chi connectivity index (χ3n) is 14.3. The summed E-state index contributed by atoms with van der Waals surface area (Å²) in [6.07, 6.45) is 3.18. The summed E-state index contributed by atoms with van der Waals surface area (Å²) in [5.41, 5.74) is 0. The van der Waals surface area contributed by atoms with E-state index in [1.165, 1.54) is 71.0 Å². The molecule has 20 atom stereocenters. The lowest BCUT2D eigenvalue weighted by Gasteiger charge is -2.93. The summed E-state index contributed by atoms with van der Waals surface area (Å²) in [6, 6.07) is 0. The standard InChI is InChI=1S/C27H38O/c1-8-5-13-15(8)19-18(13)22-23(19)27-24-20-16-10(3)9(2)14(7-28-4)11-6-12(11)17(16)21(20)25(24)26(22)27/h8-27H,5-7H2,1-4H3. The van der Waals surface area contributed by atoms with Crippen LogP contribution in [-0.2, 0) is 4.74 Å². The Morgan fingerprint density at radius 3 is 1.68 bits per heavy atom. The Labute approximate surface area is 170 Å². The van der Waals surface area contributed by atoms with Crippen molar-refractivity contribution in [3.05, 3.63) is 0 Å². The quantitative estimate of drug-likeness (QED) is 0.620. The lowest BCUT2D eigenvalue weighted by Crippen LogP contribution is -2.90. The van der Waals surface area contributed by atoms with Crippen LogP contribution in [0.15, 0.2) is 0 Å². The predicted molar refractivity (Wildman–Crippen MR) is 108 cm³/mol. The minimum atomic E-state index is 0.869. The van der Waals surface area contributed by atoms with Crippen molar-refractivity contribution >= 4 is 0 Å². The molecule has 152 valence electrons. The fourth-order valence-electron chi connectivity index (χ4n) is 13.5. The highest BCUT2D eigenvalue weighted by Crippen LogP contribution is 2.93. The van der Waals surface area contributed by atoms with E-state index in [0.717, 1.165) is 54.0 Å². The Kier molecular flexibility index (Phi) is 2.49. The van der Waals surface area contributed by atoms with Gasteiger partial charge in [-0.1, -0.05) is 20.8 Å². The van der Waals surface area contributed by atoms with E-state index in [2.05, 4.69) is 20.8 Å². The van der Waals surface area contributed by atoms with Crippen LogP contribution < -0.4 is 0 Å². The highest BCUT2D eigenvalue weighted by atomic mass is 16.5. The van der Waals surface area contributed by atoms with E-state index in [1.807, 2.05) is 7.11 Å². The summed E-state index contributed by atoms with van der Waals surface area (Å²) in [5.74, 6) is 23.0. The molecule has 0 aromatic heterocycles. The third kappa shape index (κ3) is 1.27. The Morgan fingerprint density at radius 2 is 1.07 bits per heavy atom. The SMILES string of the molecule is COCC1C(C)C(C)C2C(C3CC13)C1C2C2C1C1C3C4C5CC(C)C5C4C3C21.